The van der Waals surface area contributed by atoms with Crippen molar-refractivity contribution in [3.8, 4) is 0 Å². The second-order valence-electron chi connectivity index (χ2n) is 3.35. The number of aromatic nitrogens is 2. The summed E-state index contributed by atoms with van der Waals surface area (Å²) in [5, 5.41) is 3.68. The average Bonchev–Trinajstić information content (AvgIpc) is 2.60. The molecule has 0 atom stereocenters. The first-order valence-corrected chi connectivity index (χ1v) is 4.69. The van der Waals surface area contributed by atoms with Gasteiger partial charge in [0.05, 0.1) is 18.1 Å². The number of rotatable bonds is 2. The van der Waals surface area contributed by atoms with E-state index >= 15 is 0 Å². The van der Waals surface area contributed by atoms with Gasteiger partial charge in [-0.15, -0.1) is 0 Å². The molecule has 2 aromatic heterocycles. The average molecular weight is 217 g/mol. The van der Waals surface area contributed by atoms with Crippen LogP contribution in [0.15, 0.2) is 29.6 Å². The van der Waals surface area contributed by atoms with Gasteiger partial charge in [-0.05, 0) is 24.6 Å². The lowest BCUT2D eigenvalue weighted by molar-refractivity contribution is 0.249. The molecule has 0 aliphatic heterocycles. The number of hydrogen-bond donors (Lipinski definition) is 2. The number of aryl methyl sites for hydroxylation is 1. The number of nitrogens with one attached hydrogen (secondary N) is 1. The molecule has 0 aliphatic rings. The van der Waals surface area contributed by atoms with Crippen LogP contribution in [0.5, 0.6) is 0 Å². The van der Waals surface area contributed by atoms with Gasteiger partial charge in [0.2, 0.25) is 0 Å². The van der Waals surface area contributed by atoms with Crippen molar-refractivity contribution in [1.82, 2.24) is 14.8 Å². The minimum atomic E-state index is -0.694. The van der Waals surface area contributed by atoms with Gasteiger partial charge >= 0.3 is 6.03 Å². The number of hydrazone groups is 1. The summed E-state index contributed by atoms with van der Waals surface area (Å²) in [5.74, 6) is 0. The molecule has 0 spiro atoms. The minimum absolute atomic E-state index is 0.694. The number of amides is 2. The summed E-state index contributed by atoms with van der Waals surface area (Å²) in [4.78, 5) is 14.6. The van der Waals surface area contributed by atoms with Crippen molar-refractivity contribution in [3.63, 3.8) is 0 Å². The van der Waals surface area contributed by atoms with Gasteiger partial charge in [-0.3, -0.25) is 4.40 Å². The first-order valence-electron chi connectivity index (χ1n) is 4.69. The zero-order valence-corrected chi connectivity index (χ0v) is 8.71. The van der Waals surface area contributed by atoms with Crippen LogP contribution >= 0.6 is 0 Å². The molecule has 2 rings (SSSR count). The van der Waals surface area contributed by atoms with Crippen LogP contribution in [0.4, 0.5) is 4.79 Å². The molecule has 2 amide bonds. The number of carbonyl (C=O) groups is 1. The Hall–Kier alpha value is -2.37. The highest BCUT2D eigenvalue weighted by Crippen LogP contribution is 2.07. The zero-order valence-electron chi connectivity index (χ0n) is 8.71. The number of pyridine rings is 1. The van der Waals surface area contributed by atoms with E-state index in [1.54, 1.807) is 6.20 Å². The number of carbonyl (C=O) groups excluding carboxylic acids is 1. The van der Waals surface area contributed by atoms with E-state index in [0.717, 1.165) is 16.9 Å². The van der Waals surface area contributed by atoms with Crippen molar-refractivity contribution >= 4 is 17.9 Å². The van der Waals surface area contributed by atoms with Gasteiger partial charge in [0.25, 0.3) is 0 Å². The first-order chi connectivity index (χ1) is 7.66. The molecule has 0 unspecified atom stereocenters. The molecule has 0 radical (unpaired) electrons. The van der Waals surface area contributed by atoms with E-state index in [4.69, 9.17) is 5.73 Å². The number of nitrogens with two attached hydrogens (primary N) is 1. The molecule has 0 fully saturated rings. The highest BCUT2D eigenvalue weighted by molar-refractivity contribution is 5.80. The van der Waals surface area contributed by atoms with Crippen molar-refractivity contribution in [2.75, 3.05) is 0 Å². The molecular formula is C10H11N5O. The topological polar surface area (TPSA) is 84.8 Å². The highest BCUT2D eigenvalue weighted by atomic mass is 16.2. The molecule has 0 aliphatic carbocycles. The smallest absolute Gasteiger partial charge is 0.332 e. The maximum atomic E-state index is 10.4. The van der Waals surface area contributed by atoms with E-state index in [9.17, 15) is 4.79 Å². The van der Waals surface area contributed by atoms with E-state index in [0.29, 0.717) is 0 Å². The Kier molecular flexibility index (Phi) is 2.55. The van der Waals surface area contributed by atoms with Gasteiger partial charge < -0.3 is 5.73 Å². The lowest BCUT2D eigenvalue weighted by Crippen LogP contribution is -2.24. The molecule has 2 aromatic rings. The summed E-state index contributed by atoms with van der Waals surface area (Å²) in [6.45, 7) is 2.00. The van der Waals surface area contributed by atoms with Crippen LogP contribution in [-0.4, -0.2) is 21.6 Å². The predicted molar refractivity (Wildman–Crippen MR) is 60.2 cm³/mol. The molecule has 0 saturated carbocycles. The van der Waals surface area contributed by atoms with Crippen molar-refractivity contribution in [3.05, 3.63) is 35.8 Å². The lowest BCUT2D eigenvalue weighted by Gasteiger charge is -1.97. The lowest BCUT2D eigenvalue weighted by atomic mass is 10.3. The number of urea groups is 1. The summed E-state index contributed by atoms with van der Waals surface area (Å²) in [7, 11) is 0. The summed E-state index contributed by atoms with van der Waals surface area (Å²) in [6.07, 6.45) is 5.05. The monoisotopic (exact) mass is 217 g/mol. The fourth-order valence-corrected chi connectivity index (χ4v) is 1.36. The van der Waals surface area contributed by atoms with E-state index in [1.807, 2.05) is 29.7 Å². The third-order valence-corrected chi connectivity index (χ3v) is 2.07. The Morgan fingerprint density at radius 3 is 3.25 bits per heavy atom. The van der Waals surface area contributed by atoms with Crippen LogP contribution in [0.3, 0.4) is 0 Å². The second-order valence-corrected chi connectivity index (χ2v) is 3.35. The molecule has 82 valence electrons. The standard InChI is InChI=1S/C10H11N5O/c1-7-2-3-15-8(5-12-9(15)4-7)6-13-14-10(11)16/h2-6H,1H3,(H3,11,14,16)/b13-6-. The molecule has 16 heavy (non-hydrogen) atoms. The normalized spacial score (nSPS) is 11.1. The van der Waals surface area contributed by atoms with Crippen molar-refractivity contribution in [2.24, 2.45) is 10.8 Å². The molecule has 0 aromatic carbocycles. The van der Waals surface area contributed by atoms with Crippen LogP contribution < -0.4 is 11.2 Å². The third-order valence-electron chi connectivity index (χ3n) is 2.07. The van der Waals surface area contributed by atoms with E-state index in [-0.39, 0.29) is 0 Å². The molecule has 0 saturated heterocycles. The summed E-state index contributed by atoms with van der Waals surface area (Å²) in [6, 6.07) is 3.23. The van der Waals surface area contributed by atoms with Gasteiger partial charge in [0.15, 0.2) is 0 Å². The van der Waals surface area contributed by atoms with E-state index < -0.39 is 6.03 Å². The highest BCUT2D eigenvalue weighted by Gasteiger charge is 2.00. The van der Waals surface area contributed by atoms with Crippen molar-refractivity contribution < 1.29 is 4.79 Å². The van der Waals surface area contributed by atoms with Gasteiger partial charge in [0.1, 0.15) is 5.65 Å². The number of primary amides is 1. The Bertz CT molecular complexity index is 557. The van der Waals surface area contributed by atoms with E-state index in [2.05, 4.69) is 15.5 Å². The quantitative estimate of drug-likeness (QED) is 0.571. The number of fused-ring (bicyclic) bond motifs is 1. The fourth-order valence-electron chi connectivity index (χ4n) is 1.36. The number of hydrogen-bond acceptors (Lipinski definition) is 3. The molecular weight excluding hydrogens is 206 g/mol. The maximum Gasteiger partial charge on any atom is 0.332 e. The molecule has 6 heteroatoms. The predicted octanol–water partition coefficient (Wildman–Crippen LogP) is 0.645. The van der Waals surface area contributed by atoms with E-state index in [1.165, 1.54) is 6.21 Å². The Balaban J connectivity index is 2.32. The number of nitrogens with zero attached hydrogens (tertiary/aromatic N) is 3. The Morgan fingerprint density at radius 2 is 2.50 bits per heavy atom. The van der Waals surface area contributed by atoms with Crippen molar-refractivity contribution in [2.45, 2.75) is 6.92 Å². The Labute approximate surface area is 91.8 Å². The van der Waals surface area contributed by atoms with Crippen LogP contribution in [0.2, 0.25) is 0 Å². The molecule has 3 N–H and O–H groups in total. The van der Waals surface area contributed by atoms with Crippen LogP contribution in [-0.2, 0) is 0 Å². The van der Waals surface area contributed by atoms with Gasteiger partial charge in [-0.25, -0.2) is 15.2 Å². The Morgan fingerprint density at radius 1 is 1.69 bits per heavy atom. The maximum absolute atomic E-state index is 10.4. The number of imidazole rings is 1. The molecule has 6 nitrogen and oxygen atoms in total. The van der Waals surface area contributed by atoms with Crippen LogP contribution in [0.25, 0.3) is 5.65 Å². The van der Waals surface area contributed by atoms with Crippen LogP contribution in [0, 0.1) is 6.92 Å². The fraction of sp³-hybridized carbons (Fsp3) is 0.100. The summed E-state index contributed by atoms with van der Waals surface area (Å²) < 4.78 is 1.86. The first kappa shape index (κ1) is 10.2. The summed E-state index contributed by atoms with van der Waals surface area (Å²) in [5.41, 5.74) is 9.74. The molecule has 0 bridgehead atoms. The SMILES string of the molecule is Cc1ccn2c(/C=N\NC(N)=O)cnc2c1. The van der Waals surface area contributed by atoms with Gasteiger partial charge in [-0.1, -0.05) is 0 Å². The van der Waals surface area contributed by atoms with Gasteiger partial charge in [-0.2, -0.15) is 5.10 Å². The van der Waals surface area contributed by atoms with Crippen LogP contribution in [0.1, 0.15) is 11.3 Å². The van der Waals surface area contributed by atoms with Gasteiger partial charge in [0, 0.05) is 6.20 Å². The largest absolute Gasteiger partial charge is 0.350 e. The summed E-state index contributed by atoms with van der Waals surface area (Å²) >= 11 is 0. The molecule has 2 heterocycles. The van der Waals surface area contributed by atoms with Crippen molar-refractivity contribution in [1.29, 1.82) is 0 Å². The second kappa shape index (κ2) is 4.01. The zero-order chi connectivity index (χ0) is 11.5. The third kappa shape index (κ3) is 2.00. The minimum Gasteiger partial charge on any atom is -0.350 e.